The molecule has 1 heterocycles. The summed E-state index contributed by atoms with van der Waals surface area (Å²) in [6.45, 7) is 1.71. The van der Waals surface area contributed by atoms with Crippen LogP contribution in [0.4, 0.5) is 4.39 Å². The fraction of sp³-hybridized carbons (Fsp3) is 0.500. The summed E-state index contributed by atoms with van der Waals surface area (Å²) in [7, 11) is -2.96. The predicted octanol–water partition coefficient (Wildman–Crippen LogP) is 1.99. The minimum atomic E-state index is -2.96. The molecular formula is C12H15BrFNO2S. The maximum Gasteiger partial charge on any atom is 0.148 e. The molecule has 0 radical (unpaired) electrons. The lowest BCUT2D eigenvalue weighted by Gasteiger charge is -2.29. The van der Waals surface area contributed by atoms with E-state index < -0.39 is 9.84 Å². The molecule has 0 fully saturated rings. The van der Waals surface area contributed by atoms with E-state index in [2.05, 4.69) is 15.9 Å². The number of benzene rings is 1. The van der Waals surface area contributed by atoms with E-state index >= 15 is 0 Å². The minimum Gasteiger partial charge on any atom is -0.298 e. The van der Waals surface area contributed by atoms with Gasteiger partial charge in [0.05, 0.1) is 5.75 Å². The van der Waals surface area contributed by atoms with E-state index in [1.807, 2.05) is 4.90 Å². The first-order chi connectivity index (χ1) is 8.37. The first-order valence-corrected chi connectivity index (χ1v) is 8.58. The lowest BCUT2D eigenvalue weighted by molar-refractivity contribution is 0.263. The zero-order chi connectivity index (χ0) is 13.3. The van der Waals surface area contributed by atoms with E-state index in [-0.39, 0.29) is 11.6 Å². The predicted molar refractivity (Wildman–Crippen MR) is 72.8 cm³/mol. The van der Waals surface area contributed by atoms with Gasteiger partial charge >= 0.3 is 0 Å². The highest BCUT2D eigenvalue weighted by Gasteiger charge is 2.21. The second-order valence-corrected chi connectivity index (χ2v) is 7.76. The molecule has 0 saturated carbocycles. The van der Waals surface area contributed by atoms with E-state index in [0.717, 1.165) is 23.0 Å². The highest BCUT2D eigenvalue weighted by Crippen LogP contribution is 2.28. The number of nitrogens with zero attached hydrogens (tertiary/aromatic N) is 1. The van der Waals surface area contributed by atoms with Gasteiger partial charge < -0.3 is 0 Å². The van der Waals surface area contributed by atoms with Gasteiger partial charge in [0, 0.05) is 35.9 Å². The molecule has 1 aromatic carbocycles. The van der Waals surface area contributed by atoms with Crippen LogP contribution >= 0.6 is 15.9 Å². The van der Waals surface area contributed by atoms with Crippen LogP contribution in [0.1, 0.15) is 11.1 Å². The van der Waals surface area contributed by atoms with Crippen molar-refractivity contribution in [1.82, 2.24) is 4.90 Å². The molecule has 6 heteroatoms. The van der Waals surface area contributed by atoms with Gasteiger partial charge in [-0.3, -0.25) is 4.90 Å². The van der Waals surface area contributed by atoms with Crippen molar-refractivity contribution in [1.29, 1.82) is 0 Å². The second kappa shape index (κ2) is 5.27. The molecule has 0 N–H and O–H groups in total. The number of hydrogen-bond donors (Lipinski definition) is 0. The quantitative estimate of drug-likeness (QED) is 0.847. The Morgan fingerprint density at radius 2 is 2.11 bits per heavy atom. The van der Waals surface area contributed by atoms with E-state index in [1.165, 1.54) is 12.3 Å². The summed E-state index contributed by atoms with van der Waals surface area (Å²) in [6, 6.07) is 3.17. The second-order valence-electron chi connectivity index (χ2n) is 4.64. The van der Waals surface area contributed by atoms with Crippen LogP contribution in [0.3, 0.4) is 0 Å². The van der Waals surface area contributed by atoms with Gasteiger partial charge in [-0.2, -0.15) is 0 Å². The van der Waals surface area contributed by atoms with Crippen LogP contribution in [-0.4, -0.2) is 38.4 Å². The van der Waals surface area contributed by atoms with Crippen molar-refractivity contribution >= 4 is 25.8 Å². The highest BCUT2D eigenvalue weighted by molar-refractivity contribution is 9.10. The first kappa shape index (κ1) is 14.0. The van der Waals surface area contributed by atoms with Crippen molar-refractivity contribution < 1.29 is 12.8 Å². The Morgan fingerprint density at radius 3 is 2.78 bits per heavy atom. The topological polar surface area (TPSA) is 37.4 Å². The van der Waals surface area contributed by atoms with Crippen molar-refractivity contribution in [2.45, 2.75) is 13.0 Å². The van der Waals surface area contributed by atoms with Crippen LogP contribution in [0.15, 0.2) is 16.6 Å². The Labute approximate surface area is 115 Å². The van der Waals surface area contributed by atoms with Gasteiger partial charge in [-0.1, -0.05) is 15.9 Å². The van der Waals surface area contributed by atoms with Gasteiger partial charge in [0.1, 0.15) is 15.7 Å². The normalized spacial score (nSPS) is 16.6. The Balaban J connectivity index is 2.13. The number of hydrogen-bond acceptors (Lipinski definition) is 3. The Morgan fingerprint density at radius 1 is 1.39 bits per heavy atom. The SMILES string of the molecule is CS(=O)(=O)CCN1CCc2c(Br)ccc(F)c2C1. The fourth-order valence-electron chi connectivity index (χ4n) is 2.14. The lowest BCUT2D eigenvalue weighted by atomic mass is 9.99. The Kier molecular flexibility index (Phi) is 4.08. The van der Waals surface area contributed by atoms with E-state index in [0.29, 0.717) is 18.7 Å². The molecule has 0 aromatic heterocycles. The summed E-state index contributed by atoms with van der Waals surface area (Å²) in [5, 5.41) is 0. The number of fused-ring (bicyclic) bond motifs is 1. The van der Waals surface area contributed by atoms with Gasteiger partial charge in [-0.25, -0.2) is 12.8 Å². The molecule has 2 rings (SSSR count). The summed E-state index contributed by atoms with van der Waals surface area (Å²) in [6.07, 6.45) is 1.97. The molecule has 0 aliphatic carbocycles. The number of sulfone groups is 1. The van der Waals surface area contributed by atoms with E-state index in [4.69, 9.17) is 0 Å². The largest absolute Gasteiger partial charge is 0.298 e. The summed E-state index contributed by atoms with van der Waals surface area (Å²) in [4.78, 5) is 1.99. The average molecular weight is 336 g/mol. The smallest absolute Gasteiger partial charge is 0.148 e. The standard InChI is InChI=1S/C12H15BrFNO2S/c1-18(16,17)7-6-15-5-4-9-10(8-15)12(14)3-2-11(9)13/h2-3H,4-8H2,1H3. The molecule has 0 unspecified atom stereocenters. The molecule has 18 heavy (non-hydrogen) atoms. The summed E-state index contributed by atoms with van der Waals surface area (Å²) < 4.78 is 36.9. The molecule has 1 aromatic rings. The van der Waals surface area contributed by atoms with Crippen molar-refractivity contribution in [3.05, 3.63) is 33.5 Å². The molecule has 100 valence electrons. The zero-order valence-electron chi connectivity index (χ0n) is 10.1. The van der Waals surface area contributed by atoms with E-state index in [1.54, 1.807) is 6.07 Å². The van der Waals surface area contributed by atoms with Gasteiger partial charge in [-0.05, 0) is 24.1 Å². The molecule has 0 bridgehead atoms. The first-order valence-electron chi connectivity index (χ1n) is 5.72. The van der Waals surface area contributed by atoms with Crippen LogP contribution in [-0.2, 0) is 22.8 Å². The molecule has 0 amide bonds. The maximum atomic E-state index is 13.7. The average Bonchev–Trinajstić information content (AvgIpc) is 2.30. The van der Waals surface area contributed by atoms with Crippen molar-refractivity contribution in [2.24, 2.45) is 0 Å². The lowest BCUT2D eigenvalue weighted by Crippen LogP contribution is -2.34. The maximum absolute atomic E-state index is 13.7. The molecule has 0 saturated heterocycles. The summed E-state index contributed by atoms with van der Waals surface area (Å²) in [5.74, 6) is -0.0879. The van der Waals surface area contributed by atoms with Gasteiger partial charge in [0.25, 0.3) is 0 Å². The van der Waals surface area contributed by atoms with Crippen molar-refractivity contribution in [2.75, 3.05) is 25.1 Å². The molecule has 0 spiro atoms. The minimum absolute atomic E-state index is 0.123. The monoisotopic (exact) mass is 335 g/mol. The van der Waals surface area contributed by atoms with Gasteiger partial charge in [0.2, 0.25) is 0 Å². The van der Waals surface area contributed by atoms with Gasteiger partial charge in [0.15, 0.2) is 0 Å². The van der Waals surface area contributed by atoms with Gasteiger partial charge in [-0.15, -0.1) is 0 Å². The highest BCUT2D eigenvalue weighted by atomic mass is 79.9. The molecule has 3 nitrogen and oxygen atoms in total. The fourth-order valence-corrected chi connectivity index (χ4v) is 3.29. The third-order valence-corrected chi connectivity index (χ3v) is 4.82. The molecule has 1 aliphatic rings. The zero-order valence-corrected chi connectivity index (χ0v) is 12.5. The Hall–Kier alpha value is -0.460. The van der Waals surface area contributed by atoms with Crippen molar-refractivity contribution in [3.8, 4) is 0 Å². The van der Waals surface area contributed by atoms with Crippen LogP contribution in [0.25, 0.3) is 0 Å². The third-order valence-electron chi connectivity index (χ3n) is 3.15. The van der Waals surface area contributed by atoms with E-state index in [9.17, 15) is 12.8 Å². The summed E-state index contributed by atoms with van der Waals surface area (Å²) in [5.41, 5.74) is 1.69. The molecule has 0 atom stereocenters. The van der Waals surface area contributed by atoms with Crippen molar-refractivity contribution in [3.63, 3.8) is 0 Å². The molecular weight excluding hydrogens is 321 g/mol. The number of halogens is 2. The number of rotatable bonds is 3. The van der Waals surface area contributed by atoms with Crippen LogP contribution < -0.4 is 0 Å². The molecule has 1 aliphatic heterocycles. The third kappa shape index (κ3) is 3.30. The van der Waals surface area contributed by atoms with Crippen LogP contribution in [0.5, 0.6) is 0 Å². The summed E-state index contributed by atoms with van der Waals surface area (Å²) >= 11 is 3.43. The van der Waals surface area contributed by atoms with Crippen LogP contribution in [0.2, 0.25) is 0 Å². The van der Waals surface area contributed by atoms with Crippen LogP contribution in [0, 0.1) is 5.82 Å². The Bertz CT molecular complexity index is 559.